The Balaban J connectivity index is 1.27. The molecule has 1 fully saturated rings. The highest BCUT2D eigenvalue weighted by Crippen LogP contribution is 2.26. The van der Waals surface area contributed by atoms with Crippen LogP contribution in [0.3, 0.4) is 0 Å². The van der Waals surface area contributed by atoms with E-state index in [1.807, 2.05) is 6.07 Å². The Morgan fingerprint density at radius 3 is 2.54 bits per heavy atom. The predicted molar refractivity (Wildman–Crippen MR) is 143 cm³/mol. The van der Waals surface area contributed by atoms with Gasteiger partial charge in [-0.2, -0.15) is 0 Å². The van der Waals surface area contributed by atoms with Gasteiger partial charge >= 0.3 is 0 Å². The Morgan fingerprint density at radius 2 is 1.74 bits per heavy atom. The Kier molecular flexibility index (Phi) is 9.78. The number of thioether (sulfide) groups is 1. The Morgan fingerprint density at radius 1 is 0.971 bits per heavy atom. The molecule has 1 N–H and O–H groups in total. The van der Waals surface area contributed by atoms with E-state index in [0.29, 0.717) is 6.42 Å². The molecule has 1 saturated heterocycles. The quantitative estimate of drug-likeness (QED) is 0.284. The van der Waals surface area contributed by atoms with Crippen LogP contribution in [0.25, 0.3) is 5.69 Å². The van der Waals surface area contributed by atoms with Gasteiger partial charge in [-0.3, -0.25) is 9.36 Å². The number of para-hydroxylation sites is 1. The summed E-state index contributed by atoms with van der Waals surface area (Å²) in [6.45, 7) is 6.21. The molecule has 0 unspecified atom stereocenters. The van der Waals surface area contributed by atoms with Crippen molar-refractivity contribution in [3.05, 3.63) is 71.5 Å². The van der Waals surface area contributed by atoms with Gasteiger partial charge in [0.05, 0.1) is 5.69 Å². The van der Waals surface area contributed by atoms with Crippen molar-refractivity contribution in [1.29, 1.82) is 0 Å². The van der Waals surface area contributed by atoms with Crippen molar-refractivity contribution in [2.45, 2.75) is 57.0 Å². The number of hydrogen-bond donors (Lipinski definition) is 1. The lowest BCUT2D eigenvalue weighted by Gasteiger charge is -2.26. The molecule has 186 valence electrons. The van der Waals surface area contributed by atoms with Gasteiger partial charge in [0, 0.05) is 31.7 Å². The first-order valence-corrected chi connectivity index (χ1v) is 13.9. The number of nitrogens with one attached hydrogen (secondary N) is 1. The lowest BCUT2D eigenvalue weighted by atomic mass is 10.1. The van der Waals surface area contributed by atoms with Crippen molar-refractivity contribution in [1.82, 2.24) is 25.0 Å². The van der Waals surface area contributed by atoms with Crippen LogP contribution in [0.15, 0.2) is 59.8 Å². The number of amides is 1. The molecule has 2 heterocycles. The van der Waals surface area contributed by atoms with E-state index >= 15 is 0 Å². The van der Waals surface area contributed by atoms with Crippen LogP contribution < -0.4 is 5.32 Å². The third kappa shape index (κ3) is 7.67. The van der Waals surface area contributed by atoms with Gasteiger partial charge in [-0.05, 0) is 62.9 Å². The lowest BCUT2D eigenvalue weighted by molar-refractivity contribution is -0.121. The van der Waals surface area contributed by atoms with Crippen LogP contribution in [0.1, 0.15) is 55.5 Å². The lowest BCUT2D eigenvalue weighted by Crippen LogP contribution is -2.37. The number of aromatic nitrogens is 3. The van der Waals surface area contributed by atoms with Crippen molar-refractivity contribution >= 4 is 17.7 Å². The highest BCUT2D eigenvalue weighted by Gasteiger charge is 2.16. The van der Waals surface area contributed by atoms with Crippen LogP contribution in [-0.2, 0) is 11.2 Å². The summed E-state index contributed by atoms with van der Waals surface area (Å²) in [6.07, 6.45) is 7.10. The molecule has 1 aliphatic heterocycles. The molecule has 1 aromatic heterocycles. The molecule has 6 nitrogen and oxygen atoms in total. The SMILES string of the molecule is Cc1ccccc1-n1c(Cc2ccccc2)nnc1SCCCCC(=O)NCCN1CCCCC1. The molecule has 1 amide bonds. The maximum Gasteiger partial charge on any atom is 0.220 e. The number of aryl methyl sites for hydroxylation is 1. The summed E-state index contributed by atoms with van der Waals surface area (Å²) in [5.74, 6) is 2.03. The average Bonchev–Trinajstić information content (AvgIpc) is 3.27. The molecule has 4 rings (SSSR count). The third-order valence-corrected chi connectivity index (χ3v) is 7.51. The minimum Gasteiger partial charge on any atom is -0.355 e. The van der Waals surface area contributed by atoms with Gasteiger partial charge in [0.2, 0.25) is 5.91 Å². The number of unbranched alkanes of at least 4 members (excludes halogenated alkanes) is 1. The highest BCUT2D eigenvalue weighted by molar-refractivity contribution is 7.99. The maximum atomic E-state index is 12.2. The fourth-order valence-corrected chi connectivity index (χ4v) is 5.48. The monoisotopic (exact) mass is 491 g/mol. The van der Waals surface area contributed by atoms with Crippen molar-refractivity contribution in [2.75, 3.05) is 31.9 Å². The summed E-state index contributed by atoms with van der Waals surface area (Å²) in [4.78, 5) is 14.7. The predicted octanol–water partition coefficient (Wildman–Crippen LogP) is 5.03. The van der Waals surface area contributed by atoms with E-state index in [9.17, 15) is 4.79 Å². The molecular formula is C28H37N5OS. The summed E-state index contributed by atoms with van der Waals surface area (Å²) in [7, 11) is 0. The third-order valence-electron chi connectivity index (χ3n) is 6.49. The number of carbonyl (C=O) groups is 1. The van der Waals surface area contributed by atoms with Crippen LogP contribution in [0, 0.1) is 6.92 Å². The van der Waals surface area contributed by atoms with Crippen LogP contribution in [0.4, 0.5) is 0 Å². The van der Waals surface area contributed by atoms with Crippen molar-refractivity contribution in [3.63, 3.8) is 0 Å². The summed E-state index contributed by atoms with van der Waals surface area (Å²) < 4.78 is 2.19. The Labute approximate surface area is 213 Å². The van der Waals surface area contributed by atoms with Crippen molar-refractivity contribution < 1.29 is 4.79 Å². The second-order valence-corrected chi connectivity index (χ2v) is 10.3. The van der Waals surface area contributed by atoms with E-state index in [4.69, 9.17) is 0 Å². The molecule has 0 bridgehead atoms. The molecular weight excluding hydrogens is 454 g/mol. The second kappa shape index (κ2) is 13.4. The van der Waals surface area contributed by atoms with E-state index in [1.54, 1.807) is 11.8 Å². The van der Waals surface area contributed by atoms with Crippen molar-refractivity contribution in [3.8, 4) is 5.69 Å². The van der Waals surface area contributed by atoms with Gasteiger partial charge in [0.1, 0.15) is 5.82 Å². The highest BCUT2D eigenvalue weighted by atomic mass is 32.2. The van der Waals surface area contributed by atoms with Gasteiger partial charge in [-0.15, -0.1) is 10.2 Å². The summed E-state index contributed by atoms with van der Waals surface area (Å²) >= 11 is 1.72. The number of piperidine rings is 1. The van der Waals surface area contributed by atoms with Crippen LogP contribution in [0.2, 0.25) is 0 Å². The smallest absolute Gasteiger partial charge is 0.220 e. The molecule has 0 aliphatic carbocycles. The zero-order valence-electron chi connectivity index (χ0n) is 20.8. The number of carbonyl (C=O) groups excluding carboxylic acids is 1. The number of nitrogens with zero attached hydrogens (tertiary/aromatic N) is 4. The zero-order chi connectivity index (χ0) is 24.3. The largest absolute Gasteiger partial charge is 0.355 e. The Hall–Kier alpha value is -2.64. The zero-order valence-corrected chi connectivity index (χ0v) is 21.6. The van der Waals surface area contributed by atoms with E-state index in [2.05, 4.69) is 80.4 Å². The van der Waals surface area contributed by atoms with Gasteiger partial charge < -0.3 is 10.2 Å². The number of benzene rings is 2. The number of rotatable bonds is 12. The van der Waals surface area contributed by atoms with Gasteiger partial charge in [-0.1, -0.05) is 66.7 Å². The van der Waals surface area contributed by atoms with Crippen molar-refractivity contribution in [2.24, 2.45) is 0 Å². The Bertz CT molecular complexity index is 1060. The van der Waals surface area contributed by atoms with Gasteiger partial charge in [0.15, 0.2) is 5.16 Å². The maximum absolute atomic E-state index is 12.2. The second-order valence-electron chi connectivity index (χ2n) is 9.24. The molecule has 3 aromatic rings. The first kappa shape index (κ1) is 25.5. The molecule has 0 atom stereocenters. The minimum absolute atomic E-state index is 0.167. The average molecular weight is 492 g/mol. The molecule has 0 radical (unpaired) electrons. The summed E-state index contributed by atoms with van der Waals surface area (Å²) in [6, 6.07) is 18.8. The number of likely N-dealkylation sites (tertiary alicyclic amines) is 1. The summed E-state index contributed by atoms with van der Waals surface area (Å²) in [5.41, 5.74) is 3.54. The fourth-order valence-electron chi connectivity index (χ4n) is 4.52. The van der Waals surface area contributed by atoms with Gasteiger partial charge in [-0.25, -0.2) is 0 Å². The standard InChI is InChI=1S/C28H37N5OS/c1-23-12-6-7-15-25(23)33-26(22-24-13-4-2-5-14-24)30-31-28(33)35-21-11-8-16-27(34)29-17-20-32-18-9-3-10-19-32/h2,4-7,12-15H,3,8-11,16-22H2,1H3,(H,29,34). The first-order chi connectivity index (χ1) is 17.2. The minimum atomic E-state index is 0.167. The molecule has 0 saturated carbocycles. The normalized spacial score (nSPS) is 14.2. The van der Waals surface area contributed by atoms with Gasteiger partial charge in [0.25, 0.3) is 0 Å². The topological polar surface area (TPSA) is 63.1 Å². The van der Waals surface area contributed by atoms with Crippen LogP contribution >= 0.6 is 11.8 Å². The summed E-state index contributed by atoms with van der Waals surface area (Å²) in [5, 5.41) is 13.1. The molecule has 7 heteroatoms. The van der Waals surface area contributed by atoms with E-state index in [0.717, 1.165) is 54.8 Å². The van der Waals surface area contributed by atoms with E-state index < -0.39 is 0 Å². The van der Waals surface area contributed by atoms with Crippen LogP contribution in [-0.4, -0.2) is 57.5 Å². The van der Waals surface area contributed by atoms with E-state index in [-0.39, 0.29) is 5.91 Å². The van der Waals surface area contributed by atoms with Crippen LogP contribution in [0.5, 0.6) is 0 Å². The number of hydrogen-bond acceptors (Lipinski definition) is 5. The molecule has 0 spiro atoms. The molecule has 2 aromatic carbocycles. The van der Waals surface area contributed by atoms with E-state index in [1.165, 1.54) is 43.5 Å². The fraction of sp³-hybridized carbons (Fsp3) is 0.464. The molecule has 1 aliphatic rings. The molecule has 35 heavy (non-hydrogen) atoms. The first-order valence-electron chi connectivity index (χ1n) is 12.9.